The molecule has 0 unspecified atom stereocenters. The van der Waals surface area contributed by atoms with Crippen molar-refractivity contribution in [2.24, 2.45) is 0 Å². The maximum atomic E-state index is 13.0. The van der Waals surface area contributed by atoms with Gasteiger partial charge in [0.25, 0.3) is 5.91 Å². The first-order valence-electron chi connectivity index (χ1n) is 8.85. The van der Waals surface area contributed by atoms with E-state index in [-0.39, 0.29) is 11.7 Å². The molecule has 27 heavy (non-hydrogen) atoms. The lowest BCUT2D eigenvalue weighted by molar-refractivity contribution is 0.0746. The molecule has 0 atom stereocenters. The van der Waals surface area contributed by atoms with Gasteiger partial charge in [-0.05, 0) is 29.8 Å². The minimum atomic E-state index is -0.236. The number of halogens is 1. The predicted octanol–water partition coefficient (Wildman–Crippen LogP) is 3.23. The van der Waals surface area contributed by atoms with Crippen LogP contribution in [0.5, 0.6) is 0 Å². The first-order valence-corrected chi connectivity index (χ1v) is 9.67. The molecule has 1 saturated heterocycles. The Kier molecular flexibility index (Phi) is 5.11. The molecule has 0 radical (unpaired) electrons. The van der Waals surface area contributed by atoms with Gasteiger partial charge in [0.1, 0.15) is 10.8 Å². The average Bonchev–Trinajstić information content (AvgIpc) is 3.18. The van der Waals surface area contributed by atoms with Crippen LogP contribution in [0.3, 0.4) is 0 Å². The second kappa shape index (κ2) is 7.84. The van der Waals surface area contributed by atoms with Crippen molar-refractivity contribution in [3.05, 3.63) is 76.5 Å². The largest absolute Gasteiger partial charge is 0.343 e. The third kappa shape index (κ3) is 4.14. The van der Waals surface area contributed by atoms with E-state index >= 15 is 0 Å². The van der Waals surface area contributed by atoms with Crippen molar-refractivity contribution in [1.82, 2.24) is 15.1 Å². The van der Waals surface area contributed by atoms with Gasteiger partial charge >= 0.3 is 0 Å². The standard InChI is InChI=1S/C20H19FN4OS/c21-17-8-6-15(7-9-17)14-18-22-23-20(27-18)25-12-10-24(11-13-25)19(26)16-4-2-1-3-5-16/h1-9H,10-14H2. The molecule has 7 heteroatoms. The summed E-state index contributed by atoms with van der Waals surface area (Å²) in [5.74, 6) is -0.163. The van der Waals surface area contributed by atoms with E-state index in [2.05, 4.69) is 15.1 Å². The Balaban J connectivity index is 1.35. The summed E-state index contributed by atoms with van der Waals surface area (Å²) in [5, 5.41) is 10.3. The highest BCUT2D eigenvalue weighted by atomic mass is 32.1. The van der Waals surface area contributed by atoms with Gasteiger partial charge in [-0.1, -0.05) is 41.7 Å². The highest BCUT2D eigenvalue weighted by Crippen LogP contribution is 2.24. The lowest BCUT2D eigenvalue weighted by atomic mass is 10.2. The van der Waals surface area contributed by atoms with Crippen LogP contribution >= 0.6 is 11.3 Å². The van der Waals surface area contributed by atoms with Crippen LogP contribution in [0.1, 0.15) is 20.9 Å². The third-order valence-electron chi connectivity index (χ3n) is 4.58. The van der Waals surface area contributed by atoms with Crippen molar-refractivity contribution in [1.29, 1.82) is 0 Å². The number of piperazine rings is 1. The van der Waals surface area contributed by atoms with E-state index < -0.39 is 0 Å². The molecule has 0 saturated carbocycles. The predicted molar refractivity (Wildman–Crippen MR) is 104 cm³/mol. The number of nitrogens with zero attached hydrogens (tertiary/aromatic N) is 4. The number of hydrogen-bond donors (Lipinski definition) is 0. The zero-order valence-corrected chi connectivity index (χ0v) is 15.5. The topological polar surface area (TPSA) is 49.3 Å². The fourth-order valence-corrected chi connectivity index (χ4v) is 4.01. The number of amides is 1. The monoisotopic (exact) mass is 382 g/mol. The van der Waals surface area contributed by atoms with Crippen LogP contribution in [0.25, 0.3) is 0 Å². The molecule has 0 spiro atoms. The maximum Gasteiger partial charge on any atom is 0.253 e. The van der Waals surface area contributed by atoms with Gasteiger partial charge in [-0.15, -0.1) is 10.2 Å². The highest BCUT2D eigenvalue weighted by molar-refractivity contribution is 7.15. The lowest BCUT2D eigenvalue weighted by Crippen LogP contribution is -2.48. The van der Waals surface area contributed by atoms with Crippen molar-refractivity contribution in [2.45, 2.75) is 6.42 Å². The van der Waals surface area contributed by atoms with Gasteiger partial charge in [0.2, 0.25) is 5.13 Å². The van der Waals surface area contributed by atoms with E-state index in [9.17, 15) is 9.18 Å². The summed E-state index contributed by atoms with van der Waals surface area (Å²) in [6.07, 6.45) is 0.643. The highest BCUT2D eigenvalue weighted by Gasteiger charge is 2.24. The number of anilines is 1. The molecule has 0 N–H and O–H groups in total. The first kappa shape index (κ1) is 17.6. The fourth-order valence-electron chi connectivity index (χ4n) is 3.08. The van der Waals surface area contributed by atoms with Gasteiger partial charge < -0.3 is 9.80 Å². The first-order chi connectivity index (χ1) is 13.2. The smallest absolute Gasteiger partial charge is 0.253 e. The number of hydrogen-bond acceptors (Lipinski definition) is 5. The summed E-state index contributed by atoms with van der Waals surface area (Å²) in [4.78, 5) is 16.6. The summed E-state index contributed by atoms with van der Waals surface area (Å²) in [6.45, 7) is 2.81. The number of aromatic nitrogens is 2. The normalized spacial score (nSPS) is 14.4. The van der Waals surface area contributed by atoms with Crippen LogP contribution in [0, 0.1) is 5.82 Å². The molecule has 4 rings (SSSR count). The van der Waals surface area contributed by atoms with E-state index in [1.54, 1.807) is 23.5 Å². The number of rotatable bonds is 4. The number of benzene rings is 2. The molecular weight excluding hydrogens is 363 g/mol. The molecule has 2 aromatic carbocycles. The van der Waals surface area contributed by atoms with Crippen LogP contribution in [-0.2, 0) is 6.42 Å². The molecule has 2 heterocycles. The van der Waals surface area contributed by atoms with Crippen LogP contribution in [0.15, 0.2) is 54.6 Å². The van der Waals surface area contributed by atoms with E-state index in [4.69, 9.17) is 0 Å². The van der Waals surface area contributed by atoms with E-state index in [1.807, 2.05) is 35.2 Å². The summed E-state index contributed by atoms with van der Waals surface area (Å²) >= 11 is 1.55. The van der Waals surface area contributed by atoms with Crippen molar-refractivity contribution in [3.63, 3.8) is 0 Å². The quantitative estimate of drug-likeness (QED) is 0.695. The Morgan fingerprint density at radius 3 is 2.37 bits per heavy atom. The molecule has 1 fully saturated rings. The van der Waals surface area contributed by atoms with E-state index in [0.29, 0.717) is 19.5 Å². The van der Waals surface area contributed by atoms with Gasteiger partial charge in [0.15, 0.2) is 0 Å². The summed E-state index contributed by atoms with van der Waals surface area (Å²) in [7, 11) is 0. The van der Waals surface area contributed by atoms with Gasteiger partial charge in [0, 0.05) is 38.2 Å². The summed E-state index contributed by atoms with van der Waals surface area (Å²) in [5.41, 5.74) is 1.74. The maximum absolute atomic E-state index is 13.0. The molecule has 1 aromatic heterocycles. The van der Waals surface area contributed by atoms with Crippen LogP contribution in [0.2, 0.25) is 0 Å². The zero-order valence-electron chi connectivity index (χ0n) is 14.7. The molecule has 3 aromatic rings. The number of carbonyl (C=O) groups is 1. The Labute approximate surface area is 161 Å². The molecule has 0 aliphatic carbocycles. The Morgan fingerprint density at radius 2 is 1.67 bits per heavy atom. The SMILES string of the molecule is O=C(c1ccccc1)N1CCN(c2nnc(Cc3ccc(F)cc3)s2)CC1. The third-order valence-corrected chi connectivity index (χ3v) is 5.57. The second-order valence-corrected chi connectivity index (χ2v) is 7.47. The van der Waals surface area contributed by atoms with Crippen molar-refractivity contribution in [3.8, 4) is 0 Å². The summed E-state index contributed by atoms with van der Waals surface area (Å²) < 4.78 is 13.0. The van der Waals surface area contributed by atoms with Crippen molar-refractivity contribution >= 4 is 22.4 Å². The second-order valence-electron chi connectivity index (χ2n) is 6.43. The molecule has 1 aliphatic heterocycles. The Hall–Kier alpha value is -2.80. The van der Waals surface area contributed by atoms with Gasteiger partial charge in [-0.2, -0.15) is 0 Å². The van der Waals surface area contributed by atoms with Crippen LogP contribution in [-0.4, -0.2) is 47.2 Å². The molecular formula is C20H19FN4OS. The van der Waals surface area contributed by atoms with Crippen molar-refractivity contribution < 1.29 is 9.18 Å². The lowest BCUT2D eigenvalue weighted by Gasteiger charge is -2.34. The van der Waals surface area contributed by atoms with Gasteiger partial charge in [0.05, 0.1) is 0 Å². The fraction of sp³-hybridized carbons (Fsp3) is 0.250. The Morgan fingerprint density at radius 1 is 0.963 bits per heavy atom. The molecule has 138 valence electrons. The average molecular weight is 382 g/mol. The minimum absolute atomic E-state index is 0.0736. The minimum Gasteiger partial charge on any atom is -0.343 e. The van der Waals surface area contributed by atoms with Crippen LogP contribution in [0.4, 0.5) is 9.52 Å². The number of carbonyl (C=O) groups excluding carboxylic acids is 1. The van der Waals surface area contributed by atoms with Gasteiger partial charge in [-0.3, -0.25) is 4.79 Å². The van der Waals surface area contributed by atoms with E-state index in [0.717, 1.165) is 34.4 Å². The molecule has 1 amide bonds. The van der Waals surface area contributed by atoms with Crippen LogP contribution < -0.4 is 4.90 Å². The molecule has 0 bridgehead atoms. The molecule has 5 nitrogen and oxygen atoms in total. The van der Waals surface area contributed by atoms with Gasteiger partial charge in [-0.25, -0.2) is 4.39 Å². The van der Waals surface area contributed by atoms with Crippen molar-refractivity contribution in [2.75, 3.05) is 31.1 Å². The summed E-state index contributed by atoms with van der Waals surface area (Å²) in [6, 6.07) is 15.8. The van der Waals surface area contributed by atoms with E-state index in [1.165, 1.54) is 12.1 Å². The molecule has 1 aliphatic rings. The Bertz CT molecular complexity index is 905. The zero-order chi connectivity index (χ0) is 18.6.